The number of benzene rings is 1. The molecule has 0 bridgehead atoms. The zero-order valence-electron chi connectivity index (χ0n) is 12.7. The van der Waals surface area contributed by atoms with Gasteiger partial charge in [0.15, 0.2) is 0 Å². The topological polar surface area (TPSA) is 52.6 Å². The molecule has 21 heavy (non-hydrogen) atoms. The maximum absolute atomic E-state index is 11.6. The summed E-state index contributed by atoms with van der Waals surface area (Å²) >= 11 is 0. The maximum Gasteiger partial charge on any atom is 0.338 e. The molecular formula is C17H22O4. The van der Waals surface area contributed by atoms with E-state index in [9.17, 15) is 9.59 Å². The molecule has 0 fully saturated rings. The molecule has 4 nitrogen and oxygen atoms in total. The van der Waals surface area contributed by atoms with Crippen LogP contribution in [0.15, 0.2) is 36.4 Å². The van der Waals surface area contributed by atoms with Crippen LogP contribution in [0, 0.1) is 0 Å². The van der Waals surface area contributed by atoms with Gasteiger partial charge in [0, 0.05) is 12.0 Å². The largest absolute Gasteiger partial charge is 0.427 e. The zero-order chi connectivity index (χ0) is 15.7. The van der Waals surface area contributed by atoms with Crippen molar-refractivity contribution in [2.45, 2.75) is 46.0 Å². The predicted molar refractivity (Wildman–Crippen MR) is 81.3 cm³/mol. The van der Waals surface area contributed by atoms with E-state index in [1.165, 1.54) is 0 Å². The van der Waals surface area contributed by atoms with Crippen LogP contribution in [0.3, 0.4) is 0 Å². The van der Waals surface area contributed by atoms with Gasteiger partial charge in [-0.05, 0) is 37.6 Å². The summed E-state index contributed by atoms with van der Waals surface area (Å²) in [6.45, 7) is 7.21. The molecule has 0 amide bonds. The van der Waals surface area contributed by atoms with Gasteiger partial charge in [-0.1, -0.05) is 32.8 Å². The highest BCUT2D eigenvalue weighted by molar-refractivity contribution is 5.88. The molecule has 0 heterocycles. The van der Waals surface area contributed by atoms with Gasteiger partial charge in [0.1, 0.15) is 11.5 Å². The molecule has 4 heteroatoms. The number of hydrogen-bond donors (Lipinski definition) is 0. The number of rotatable bonds is 8. The first-order valence-electron chi connectivity index (χ1n) is 7.21. The van der Waals surface area contributed by atoms with Gasteiger partial charge in [0.2, 0.25) is 0 Å². The van der Waals surface area contributed by atoms with Crippen LogP contribution in [0.5, 0.6) is 11.5 Å². The Bertz CT molecular complexity index is 488. The summed E-state index contributed by atoms with van der Waals surface area (Å²) in [5.74, 6) is 0.129. The summed E-state index contributed by atoms with van der Waals surface area (Å²) in [5.41, 5.74) is 0.331. The van der Waals surface area contributed by atoms with Gasteiger partial charge >= 0.3 is 11.9 Å². The minimum Gasteiger partial charge on any atom is -0.427 e. The first kappa shape index (κ1) is 17.0. The first-order chi connectivity index (χ1) is 10.0. The summed E-state index contributed by atoms with van der Waals surface area (Å²) in [5, 5.41) is 0. The van der Waals surface area contributed by atoms with Gasteiger partial charge in [0.25, 0.3) is 0 Å². The summed E-state index contributed by atoms with van der Waals surface area (Å²) in [7, 11) is 0. The van der Waals surface area contributed by atoms with Gasteiger partial charge in [0.05, 0.1) is 0 Å². The molecule has 0 saturated carbocycles. The van der Waals surface area contributed by atoms with Crippen molar-refractivity contribution in [3.8, 4) is 11.5 Å². The third-order valence-electron chi connectivity index (χ3n) is 2.85. The van der Waals surface area contributed by atoms with Crippen molar-refractivity contribution in [3.05, 3.63) is 36.4 Å². The molecular weight excluding hydrogens is 268 g/mol. The average molecular weight is 290 g/mol. The smallest absolute Gasteiger partial charge is 0.338 e. The Hall–Kier alpha value is -2.10. The van der Waals surface area contributed by atoms with E-state index in [1.54, 1.807) is 31.2 Å². The molecule has 1 rings (SSSR count). The number of ether oxygens (including phenoxy) is 2. The van der Waals surface area contributed by atoms with Crippen molar-refractivity contribution in [2.24, 2.45) is 0 Å². The van der Waals surface area contributed by atoms with Crippen LogP contribution in [0.25, 0.3) is 0 Å². The van der Waals surface area contributed by atoms with Gasteiger partial charge in [-0.2, -0.15) is 0 Å². The predicted octanol–water partition coefficient (Wildman–Crippen LogP) is 4.04. The Morgan fingerprint density at radius 1 is 1.00 bits per heavy atom. The van der Waals surface area contributed by atoms with Crippen molar-refractivity contribution in [3.63, 3.8) is 0 Å². The fourth-order valence-electron chi connectivity index (χ4n) is 1.65. The summed E-state index contributed by atoms with van der Waals surface area (Å²) in [6, 6.07) is 6.37. The van der Waals surface area contributed by atoms with E-state index in [4.69, 9.17) is 9.47 Å². The lowest BCUT2D eigenvalue weighted by molar-refractivity contribution is -0.134. The van der Waals surface area contributed by atoms with Crippen molar-refractivity contribution in [2.75, 3.05) is 0 Å². The molecule has 0 aliphatic carbocycles. The van der Waals surface area contributed by atoms with Crippen molar-refractivity contribution < 1.29 is 19.1 Å². The lowest BCUT2D eigenvalue weighted by atomic mass is 10.1. The second kappa shape index (κ2) is 8.95. The monoisotopic (exact) mass is 290 g/mol. The quantitative estimate of drug-likeness (QED) is 0.314. The van der Waals surface area contributed by atoms with Gasteiger partial charge < -0.3 is 9.47 Å². The number of carbonyl (C=O) groups excluding carboxylic acids is 2. The highest BCUT2D eigenvalue weighted by atomic mass is 16.5. The maximum atomic E-state index is 11.6. The summed E-state index contributed by atoms with van der Waals surface area (Å²) < 4.78 is 10.3. The minimum absolute atomic E-state index is 0.238. The molecule has 0 saturated heterocycles. The molecule has 0 N–H and O–H groups in total. The van der Waals surface area contributed by atoms with E-state index in [0.717, 1.165) is 25.7 Å². The van der Waals surface area contributed by atoms with E-state index < -0.39 is 5.97 Å². The first-order valence-corrected chi connectivity index (χ1v) is 7.21. The standard InChI is InChI=1S/C17H22O4/c1-4-5-6-7-8-16(18)20-14-9-11-15(12-10-14)21-17(19)13(2)3/h9-12H,2,4-8H2,1,3H3. The Morgan fingerprint density at radius 2 is 1.57 bits per heavy atom. The molecule has 0 radical (unpaired) electrons. The van der Waals surface area contributed by atoms with Gasteiger partial charge in [-0.25, -0.2) is 4.79 Å². The third kappa shape index (κ3) is 6.75. The van der Waals surface area contributed by atoms with Crippen LogP contribution in [0.2, 0.25) is 0 Å². The van der Waals surface area contributed by atoms with Crippen LogP contribution in [-0.4, -0.2) is 11.9 Å². The lowest BCUT2D eigenvalue weighted by Gasteiger charge is -2.06. The highest BCUT2D eigenvalue weighted by Crippen LogP contribution is 2.19. The molecule has 0 aliphatic rings. The average Bonchev–Trinajstić information content (AvgIpc) is 2.45. The molecule has 1 aromatic rings. The second-order valence-electron chi connectivity index (χ2n) is 4.93. The summed E-state index contributed by atoms with van der Waals surface area (Å²) in [6.07, 6.45) is 4.59. The van der Waals surface area contributed by atoms with Crippen LogP contribution < -0.4 is 9.47 Å². The second-order valence-corrected chi connectivity index (χ2v) is 4.93. The molecule has 0 atom stereocenters. The van der Waals surface area contributed by atoms with E-state index in [1.807, 2.05) is 0 Å². The van der Waals surface area contributed by atoms with E-state index in [-0.39, 0.29) is 5.97 Å². The zero-order valence-corrected chi connectivity index (χ0v) is 12.7. The third-order valence-corrected chi connectivity index (χ3v) is 2.85. The summed E-state index contributed by atoms with van der Waals surface area (Å²) in [4.78, 5) is 22.9. The number of hydrogen-bond acceptors (Lipinski definition) is 4. The van der Waals surface area contributed by atoms with Crippen molar-refractivity contribution in [1.82, 2.24) is 0 Å². The van der Waals surface area contributed by atoms with Gasteiger partial charge in [-0.15, -0.1) is 0 Å². The van der Waals surface area contributed by atoms with Gasteiger partial charge in [-0.3, -0.25) is 4.79 Å². The minimum atomic E-state index is -0.476. The molecule has 114 valence electrons. The fraction of sp³-hybridized carbons (Fsp3) is 0.412. The van der Waals surface area contributed by atoms with E-state index in [0.29, 0.717) is 23.5 Å². The number of esters is 2. The molecule has 0 aliphatic heterocycles. The molecule has 1 aromatic carbocycles. The molecule has 0 unspecified atom stereocenters. The van der Waals surface area contributed by atoms with Crippen LogP contribution in [-0.2, 0) is 9.59 Å². The van der Waals surface area contributed by atoms with Crippen LogP contribution >= 0.6 is 0 Å². The molecule has 0 spiro atoms. The number of unbranched alkanes of at least 4 members (excludes halogenated alkanes) is 3. The SMILES string of the molecule is C=C(C)C(=O)Oc1ccc(OC(=O)CCCCCC)cc1. The van der Waals surface area contributed by atoms with Crippen LogP contribution in [0.1, 0.15) is 46.0 Å². The Kier molecular flexibility index (Phi) is 7.23. The van der Waals surface area contributed by atoms with Crippen LogP contribution in [0.4, 0.5) is 0 Å². The highest BCUT2D eigenvalue weighted by Gasteiger charge is 2.07. The Balaban J connectivity index is 2.41. The Labute approximate surface area is 125 Å². The molecule has 0 aromatic heterocycles. The normalized spacial score (nSPS) is 10.0. The number of carbonyl (C=O) groups is 2. The van der Waals surface area contributed by atoms with E-state index in [2.05, 4.69) is 13.5 Å². The fourth-order valence-corrected chi connectivity index (χ4v) is 1.65. The Morgan fingerprint density at radius 3 is 2.10 bits per heavy atom. The van der Waals surface area contributed by atoms with Crippen molar-refractivity contribution in [1.29, 1.82) is 0 Å². The lowest BCUT2D eigenvalue weighted by Crippen LogP contribution is -2.09. The van der Waals surface area contributed by atoms with E-state index >= 15 is 0 Å². The van der Waals surface area contributed by atoms with Crippen molar-refractivity contribution >= 4 is 11.9 Å².